The van der Waals surface area contributed by atoms with Gasteiger partial charge in [-0.15, -0.1) is 11.3 Å². The van der Waals surface area contributed by atoms with Crippen LogP contribution in [0.15, 0.2) is 54.0 Å². The van der Waals surface area contributed by atoms with Gasteiger partial charge in [-0.3, -0.25) is 14.4 Å². The fourth-order valence-corrected chi connectivity index (χ4v) is 10.2. The van der Waals surface area contributed by atoms with Gasteiger partial charge in [0.15, 0.2) is 5.82 Å². The molecule has 0 unspecified atom stereocenters. The molecule has 4 atom stereocenters. The minimum absolute atomic E-state index is 0.0362. The summed E-state index contributed by atoms with van der Waals surface area (Å²) < 4.78 is 48.2. The quantitative estimate of drug-likeness (QED) is 0.0395. The van der Waals surface area contributed by atoms with Crippen LogP contribution in [0.5, 0.6) is 5.75 Å². The van der Waals surface area contributed by atoms with Crippen molar-refractivity contribution in [2.45, 2.75) is 71.7 Å². The molecule has 2 aliphatic rings. The largest absolute Gasteiger partial charge is 0.507 e. The van der Waals surface area contributed by atoms with Crippen LogP contribution in [-0.4, -0.2) is 170 Å². The first kappa shape index (κ1) is 57.1. The molecule has 6 N–H and O–H groups in total. The zero-order valence-electron chi connectivity index (χ0n) is 43.4. The zero-order chi connectivity index (χ0) is 53.8. The van der Waals surface area contributed by atoms with Gasteiger partial charge in [0.2, 0.25) is 23.7 Å². The maximum absolute atomic E-state index is 16.3. The molecule has 2 fully saturated rings. The highest BCUT2D eigenvalue weighted by atomic mass is 35.5. The molecule has 22 heteroatoms. The number of thiazole rings is 1. The van der Waals surface area contributed by atoms with Crippen molar-refractivity contribution >= 4 is 63.3 Å². The van der Waals surface area contributed by atoms with Crippen LogP contribution < -0.4 is 26.2 Å². The summed E-state index contributed by atoms with van der Waals surface area (Å²) in [5.74, 6) is -2.73. The van der Waals surface area contributed by atoms with Gasteiger partial charge in [-0.1, -0.05) is 62.7 Å². The van der Waals surface area contributed by atoms with Crippen LogP contribution in [0, 0.1) is 24.0 Å². The lowest BCUT2D eigenvalue weighted by Crippen LogP contribution is -2.58. The Bertz CT molecular complexity index is 2720. The number of amides is 3. The van der Waals surface area contributed by atoms with Gasteiger partial charge in [0.05, 0.1) is 71.8 Å². The number of aromatic hydroxyl groups is 1. The van der Waals surface area contributed by atoms with E-state index in [-0.39, 0.29) is 72.3 Å². The lowest BCUT2D eigenvalue weighted by molar-refractivity contribution is -0.144. The van der Waals surface area contributed by atoms with E-state index < -0.39 is 52.8 Å². The molecule has 3 aromatic carbocycles. The molecule has 75 heavy (non-hydrogen) atoms. The Balaban J connectivity index is 0.784. The average Bonchev–Trinajstić information content (AvgIpc) is 4.00. The third kappa shape index (κ3) is 14.8. The number of aliphatic hydroxyl groups excluding tert-OH is 1. The number of β-amino-alcohol motifs (C(OH)–C–C–N with tert-alkyl or cyclic N) is 1. The number of nitrogens with zero attached hydrogens (tertiary/aromatic N) is 6. The van der Waals surface area contributed by atoms with Gasteiger partial charge in [-0.2, -0.15) is 4.98 Å². The van der Waals surface area contributed by atoms with E-state index in [1.165, 1.54) is 23.1 Å². The number of carbonyl (C=O) groups excluding carboxylic acids is 3. The molecule has 2 aromatic heterocycles. The number of nitrogens with one attached hydrogen (secondary N) is 4. The number of aryl methyl sites for hydroxylation is 1. The topological polar surface area (TPSA) is 216 Å². The Hall–Kier alpha value is -5.65. The molecule has 0 spiro atoms. The fourth-order valence-electron chi connectivity index (χ4n) is 9.07. The minimum Gasteiger partial charge on any atom is -0.507 e. The summed E-state index contributed by atoms with van der Waals surface area (Å²) in [6, 6.07) is 10.9. The summed E-state index contributed by atoms with van der Waals surface area (Å²) >= 11 is 8.13. The molecule has 7 rings (SSSR count). The smallest absolute Gasteiger partial charge is 0.246 e. The lowest BCUT2D eigenvalue weighted by atomic mass is 9.85. The number of likely N-dealkylation sites (N-methyl/N-ethyl adjacent to an activating group) is 1. The van der Waals surface area contributed by atoms with E-state index in [1.54, 1.807) is 11.3 Å². The number of carbonyl (C=O) groups is 3. The van der Waals surface area contributed by atoms with E-state index in [1.807, 2.05) is 76.3 Å². The number of phenols is 1. The first-order valence-electron chi connectivity index (χ1n) is 25.3. The number of rotatable bonds is 24. The normalized spacial score (nSPS) is 16.9. The van der Waals surface area contributed by atoms with Crippen LogP contribution in [-0.2, 0) is 28.6 Å². The summed E-state index contributed by atoms with van der Waals surface area (Å²) in [6.45, 7) is 15.0. The van der Waals surface area contributed by atoms with Gasteiger partial charge in [0.25, 0.3) is 0 Å². The summed E-state index contributed by atoms with van der Waals surface area (Å²) in [7, 11) is 1.97. The van der Waals surface area contributed by atoms with Gasteiger partial charge in [0, 0.05) is 63.2 Å². The highest BCUT2D eigenvalue weighted by molar-refractivity contribution is 7.13. The number of fused-ring (bicyclic) bond motifs is 1. The van der Waals surface area contributed by atoms with E-state index in [9.17, 15) is 29.0 Å². The second-order valence-electron chi connectivity index (χ2n) is 19.9. The molecular formula is C53H69ClF2N10O8S. The lowest BCUT2D eigenvalue weighted by Gasteiger charge is -2.35. The van der Waals surface area contributed by atoms with Crippen molar-refractivity contribution in [3.05, 3.63) is 82.0 Å². The van der Waals surface area contributed by atoms with Crippen molar-refractivity contribution < 1.29 is 47.6 Å². The molecule has 0 radical (unpaired) electrons. The Morgan fingerprint density at radius 1 is 0.973 bits per heavy atom. The predicted octanol–water partition coefficient (Wildman–Crippen LogP) is 5.93. The van der Waals surface area contributed by atoms with Crippen molar-refractivity contribution in [1.82, 2.24) is 40.7 Å². The highest BCUT2D eigenvalue weighted by Gasteiger charge is 2.45. The number of phenolic OH excluding ortho intramolecular Hbond substituents is 1. The van der Waals surface area contributed by atoms with E-state index in [4.69, 9.17) is 30.8 Å². The summed E-state index contributed by atoms with van der Waals surface area (Å²) in [5, 5.41) is 33.8. The Morgan fingerprint density at radius 3 is 2.36 bits per heavy atom. The number of ether oxygens (including phenoxy) is 3. The summed E-state index contributed by atoms with van der Waals surface area (Å²) in [6.07, 6.45) is -0.111. The van der Waals surface area contributed by atoms with Crippen molar-refractivity contribution in [3.8, 4) is 27.3 Å². The number of aliphatic hydroxyl groups is 1. The second kappa shape index (κ2) is 26.4. The number of hydrogen-bond donors (Lipinski definition) is 6. The first-order chi connectivity index (χ1) is 35.9. The average molecular weight is 1080 g/mol. The number of benzene rings is 3. The van der Waals surface area contributed by atoms with Gasteiger partial charge in [-0.25, -0.2) is 18.7 Å². The highest BCUT2D eigenvalue weighted by Crippen LogP contribution is 2.42. The molecule has 4 heterocycles. The van der Waals surface area contributed by atoms with Crippen LogP contribution in [0.1, 0.15) is 57.8 Å². The monoisotopic (exact) mass is 1080 g/mol. The summed E-state index contributed by atoms with van der Waals surface area (Å²) in [4.78, 5) is 60.9. The van der Waals surface area contributed by atoms with Crippen molar-refractivity contribution in [2.75, 3.05) is 109 Å². The maximum Gasteiger partial charge on any atom is 0.246 e. The van der Waals surface area contributed by atoms with Crippen molar-refractivity contribution in [2.24, 2.45) is 5.41 Å². The summed E-state index contributed by atoms with van der Waals surface area (Å²) in [5.41, 5.74) is 3.32. The van der Waals surface area contributed by atoms with E-state index >= 15 is 4.39 Å². The van der Waals surface area contributed by atoms with Gasteiger partial charge in [-0.05, 0) is 68.6 Å². The molecule has 3 amide bonds. The molecule has 5 aromatic rings. The number of anilines is 2. The Labute approximate surface area is 445 Å². The number of hydrogen-bond acceptors (Lipinski definition) is 16. The van der Waals surface area contributed by atoms with Crippen molar-refractivity contribution in [1.29, 1.82) is 0 Å². The fraction of sp³-hybridized carbons (Fsp3) is 0.509. The SMILES string of the molecule is Cc1ncsc1-c1ccc([C@H](C)NC(=O)[C@@H]2C[C@@H](O)CN2C(=O)[C@@H](NC(=O)COCCOCCOCCN(C)CCCNc2nc(N3CCNCC3)c3cc(Cl)c(-c4c(O)cccc4F)c(F)c3n2)C(C)(C)C)cc1. The van der Waals surface area contributed by atoms with Crippen LogP contribution in [0.2, 0.25) is 5.02 Å². The molecule has 0 aliphatic carbocycles. The van der Waals surface area contributed by atoms with Gasteiger partial charge in [0.1, 0.15) is 41.6 Å². The molecule has 2 saturated heterocycles. The van der Waals surface area contributed by atoms with Crippen LogP contribution in [0.3, 0.4) is 0 Å². The maximum atomic E-state index is 16.3. The third-order valence-electron chi connectivity index (χ3n) is 13.2. The number of piperazine rings is 1. The standard InChI is InChI=1S/C53H69ClF2N10O8S/c1-32(34-11-13-35(14-12-34)47-33(2)59-31-75-47)60-50(70)40-27-36(67)29-66(40)51(71)48(53(3,4)5)61-42(69)30-74-26-25-73-24-23-72-22-21-64(6)18-8-15-58-52-62-46-37(49(63-52)65-19-16-57-17-20-65)28-38(54)43(45(46)56)44-39(55)9-7-10-41(44)68/h7,9-14,28,31-32,36,40,48,57,67-68H,8,15-27,29-30H2,1-6H3,(H,60,70)(H,61,69)(H,58,62,63)/t32-,36+,40-,48+/m0/s1. The minimum atomic E-state index is -0.991. The first-order valence-corrected chi connectivity index (χ1v) is 26.5. The Morgan fingerprint density at radius 2 is 1.68 bits per heavy atom. The zero-order valence-corrected chi connectivity index (χ0v) is 45.0. The molecular weight excluding hydrogens is 1010 g/mol. The number of halogens is 3. The van der Waals surface area contributed by atoms with E-state index in [0.717, 1.165) is 27.8 Å². The van der Waals surface area contributed by atoms with Gasteiger partial charge >= 0.3 is 0 Å². The number of aromatic nitrogens is 3. The number of likely N-dealkylation sites (tertiary alicyclic amines) is 1. The van der Waals surface area contributed by atoms with Crippen LogP contribution in [0.4, 0.5) is 20.5 Å². The molecule has 0 saturated carbocycles. The second-order valence-corrected chi connectivity index (χ2v) is 21.2. The van der Waals surface area contributed by atoms with Gasteiger partial charge < -0.3 is 60.4 Å². The van der Waals surface area contributed by atoms with E-state index in [0.29, 0.717) is 83.3 Å². The van der Waals surface area contributed by atoms with E-state index in [2.05, 4.69) is 36.1 Å². The van der Waals surface area contributed by atoms with Crippen molar-refractivity contribution in [3.63, 3.8) is 0 Å². The van der Waals surface area contributed by atoms with Crippen LogP contribution >= 0.6 is 22.9 Å². The Kier molecular flexibility index (Phi) is 20.1. The molecule has 406 valence electrons. The predicted molar refractivity (Wildman–Crippen MR) is 286 cm³/mol. The molecule has 0 bridgehead atoms. The van der Waals surface area contributed by atoms with Crippen LogP contribution in [0.25, 0.3) is 32.5 Å². The molecule has 2 aliphatic heterocycles. The third-order valence-corrected chi connectivity index (χ3v) is 14.5. The molecule has 18 nitrogen and oxygen atoms in total.